The first-order valence-electron chi connectivity index (χ1n) is 6.04. The van der Waals surface area contributed by atoms with Gasteiger partial charge in [-0.3, -0.25) is 4.79 Å². The van der Waals surface area contributed by atoms with E-state index in [9.17, 15) is 18.0 Å². The molecule has 112 valence electrons. The zero-order valence-corrected chi connectivity index (χ0v) is 12.3. The molecule has 1 N–H and O–H groups in total. The fourth-order valence-electron chi connectivity index (χ4n) is 2.12. The Hall–Kier alpha value is -1.09. The fourth-order valence-corrected chi connectivity index (χ4v) is 2.54. The second kappa shape index (κ2) is 5.72. The standard InChI is InChI=1S/C11H14BrF3N4O/c1-18-3-2-7(5-18)17-8-4-16-19(6-11(13,14)15)10(20)9(8)12/h4,7,17H,2-3,5-6H2,1H3. The molecule has 1 aromatic heterocycles. The van der Waals surface area contributed by atoms with Crippen molar-refractivity contribution < 1.29 is 13.2 Å². The molecule has 1 atom stereocenters. The van der Waals surface area contributed by atoms with Crippen molar-refractivity contribution in [1.29, 1.82) is 0 Å². The number of alkyl halides is 3. The van der Waals surface area contributed by atoms with Crippen LogP contribution in [0.5, 0.6) is 0 Å². The monoisotopic (exact) mass is 354 g/mol. The minimum Gasteiger partial charge on any atom is -0.379 e. The van der Waals surface area contributed by atoms with Gasteiger partial charge in [0.25, 0.3) is 5.56 Å². The quantitative estimate of drug-likeness (QED) is 0.897. The first-order valence-corrected chi connectivity index (χ1v) is 6.83. The van der Waals surface area contributed by atoms with E-state index in [-0.39, 0.29) is 10.5 Å². The van der Waals surface area contributed by atoms with Gasteiger partial charge in [-0.15, -0.1) is 0 Å². The summed E-state index contributed by atoms with van der Waals surface area (Å²) in [4.78, 5) is 13.9. The Bertz CT molecular complexity index is 545. The molecule has 0 saturated carbocycles. The van der Waals surface area contributed by atoms with Crippen LogP contribution in [0.25, 0.3) is 0 Å². The number of likely N-dealkylation sites (tertiary alicyclic amines) is 1. The average molecular weight is 355 g/mol. The highest BCUT2D eigenvalue weighted by atomic mass is 79.9. The molecule has 0 amide bonds. The summed E-state index contributed by atoms with van der Waals surface area (Å²) in [6, 6.07) is 0.163. The van der Waals surface area contributed by atoms with Gasteiger partial charge >= 0.3 is 6.18 Å². The van der Waals surface area contributed by atoms with Gasteiger partial charge in [-0.05, 0) is 35.9 Å². The van der Waals surface area contributed by atoms with Gasteiger partial charge in [0.15, 0.2) is 0 Å². The third-order valence-corrected chi connectivity index (χ3v) is 3.83. The molecular formula is C11H14BrF3N4O. The van der Waals surface area contributed by atoms with Gasteiger partial charge in [-0.2, -0.15) is 18.3 Å². The zero-order valence-electron chi connectivity index (χ0n) is 10.7. The van der Waals surface area contributed by atoms with Crippen LogP contribution >= 0.6 is 15.9 Å². The lowest BCUT2D eigenvalue weighted by Gasteiger charge is -2.16. The molecule has 20 heavy (non-hydrogen) atoms. The van der Waals surface area contributed by atoms with Crippen LogP contribution in [0, 0.1) is 0 Å². The van der Waals surface area contributed by atoms with Crippen LogP contribution in [0.4, 0.5) is 18.9 Å². The van der Waals surface area contributed by atoms with Crippen LogP contribution in [-0.4, -0.2) is 47.0 Å². The van der Waals surface area contributed by atoms with E-state index in [4.69, 9.17) is 0 Å². The van der Waals surface area contributed by atoms with Gasteiger partial charge in [-0.1, -0.05) is 0 Å². The SMILES string of the molecule is CN1CCC(Nc2cnn(CC(F)(F)F)c(=O)c2Br)C1. The van der Waals surface area contributed by atoms with Crippen molar-refractivity contribution in [1.82, 2.24) is 14.7 Å². The van der Waals surface area contributed by atoms with E-state index in [1.54, 1.807) is 0 Å². The Balaban J connectivity index is 2.16. The Morgan fingerprint density at radius 3 is 2.80 bits per heavy atom. The van der Waals surface area contributed by atoms with E-state index in [1.807, 2.05) is 7.05 Å². The molecule has 1 unspecified atom stereocenters. The van der Waals surface area contributed by atoms with E-state index in [0.717, 1.165) is 19.5 Å². The van der Waals surface area contributed by atoms with Gasteiger partial charge in [0.05, 0.1) is 11.9 Å². The maximum Gasteiger partial charge on any atom is 0.408 e. The molecule has 1 fully saturated rings. The van der Waals surface area contributed by atoms with Gasteiger partial charge < -0.3 is 10.2 Å². The molecule has 2 heterocycles. The van der Waals surface area contributed by atoms with Crippen molar-refractivity contribution in [3.8, 4) is 0 Å². The third kappa shape index (κ3) is 3.72. The fraction of sp³-hybridized carbons (Fsp3) is 0.636. The highest BCUT2D eigenvalue weighted by Crippen LogP contribution is 2.21. The maximum atomic E-state index is 12.3. The maximum absolute atomic E-state index is 12.3. The Morgan fingerprint density at radius 2 is 2.25 bits per heavy atom. The molecule has 0 radical (unpaired) electrons. The molecule has 2 rings (SSSR count). The number of nitrogens with one attached hydrogen (secondary N) is 1. The predicted octanol–water partition coefficient (Wildman–Crippen LogP) is 1.68. The van der Waals surface area contributed by atoms with Crippen LogP contribution in [0.1, 0.15) is 6.42 Å². The molecule has 1 aliphatic rings. The van der Waals surface area contributed by atoms with E-state index < -0.39 is 18.3 Å². The Morgan fingerprint density at radius 1 is 1.55 bits per heavy atom. The highest BCUT2D eigenvalue weighted by Gasteiger charge is 2.30. The number of hydrogen-bond acceptors (Lipinski definition) is 4. The molecule has 0 spiro atoms. The number of halogens is 4. The highest BCUT2D eigenvalue weighted by molar-refractivity contribution is 9.10. The molecule has 5 nitrogen and oxygen atoms in total. The van der Waals surface area contributed by atoms with Crippen molar-refractivity contribution in [3.05, 3.63) is 21.0 Å². The van der Waals surface area contributed by atoms with E-state index in [1.165, 1.54) is 6.20 Å². The number of aromatic nitrogens is 2. The van der Waals surface area contributed by atoms with Crippen molar-refractivity contribution in [2.75, 3.05) is 25.5 Å². The van der Waals surface area contributed by atoms with Crippen molar-refractivity contribution in [2.24, 2.45) is 0 Å². The summed E-state index contributed by atoms with van der Waals surface area (Å²) >= 11 is 3.04. The lowest BCUT2D eigenvalue weighted by molar-refractivity contribution is -0.143. The molecule has 1 aliphatic heterocycles. The summed E-state index contributed by atoms with van der Waals surface area (Å²) in [6.45, 7) is 0.364. The number of likely N-dealkylation sites (N-methyl/N-ethyl adjacent to an activating group) is 1. The van der Waals surface area contributed by atoms with Crippen molar-refractivity contribution in [2.45, 2.75) is 25.2 Å². The Labute approximate surface area is 121 Å². The second-order valence-corrected chi connectivity index (χ2v) is 5.64. The topological polar surface area (TPSA) is 50.2 Å². The normalized spacial score (nSPS) is 20.4. The third-order valence-electron chi connectivity index (χ3n) is 3.06. The Kier molecular flexibility index (Phi) is 4.38. The first kappa shape index (κ1) is 15.3. The smallest absolute Gasteiger partial charge is 0.379 e. The summed E-state index contributed by atoms with van der Waals surface area (Å²) in [5, 5.41) is 6.69. The first-order chi connectivity index (χ1) is 9.26. The van der Waals surface area contributed by atoms with Gasteiger partial charge in [0, 0.05) is 12.6 Å². The van der Waals surface area contributed by atoms with Crippen LogP contribution in [0.15, 0.2) is 15.5 Å². The van der Waals surface area contributed by atoms with Crippen molar-refractivity contribution >= 4 is 21.6 Å². The van der Waals surface area contributed by atoms with Crippen molar-refractivity contribution in [3.63, 3.8) is 0 Å². The van der Waals surface area contributed by atoms with Crippen LogP contribution < -0.4 is 10.9 Å². The summed E-state index contributed by atoms with van der Waals surface area (Å²) in [5.41, 5.74) is -0.368. The molecule has 0 aliphatic carbocycles. The molecule has 0 aromatic carbocycles. The summed E-state index contributed by atoms with van der Waals surface area (Å²) in [5.74, 6) is 0. The summed E-state index contributed by atoms with van der Waals surface area (Å²) in [7, 11) is 1.98. The predicted molar refractivity (Wildman–Crippen MR) is 71.8 cm³/mol. The molecular weight excluding hydrogens is 341 g/mol. The van der Waals surface area contributed by atoms with Gasteiger partial charge in [0.1, 0.15) is 11.0 Å². The molecule has 1 saturated heterocycles. The number of rotatable bonds is 3. The summed E-state index contributed by atoms with van der Waals surface area (Å²) in [6.07, 6.45) is -2.32. The summed E-state index contributed by atoms with van der Waals surface area (Å²) < 4.78 is 37.3. The number of hydrogen-bond donors (Lipinski definition) is 1. The zero-order chi connectivity index (χ0) is 14.9. The second-order valence-electron chi connectivity index (χ2n) is 4.84. The van der Waals surface area contributed by atoms with Crippen LogP contribution in [0.3, 0.4) is 0 Å². The molecule has 9 heteroatoms. The number of nitrogens with zero attached hydrogens (tertiary/aromatic N) is 3. The molecule has 0 bridgehead atoms. The van der Waals surface area contributed by atoms with E-state index in [0.29, 0.717) is 10.4 Å². The van der Waals surface area contributed by atoms with Crippen LogP contribution in [-0.2, 0) is 6.54 Å². The average Bonchev–Trinajstić information content (AvgIpc) is 2.73. The van der Waals surface area contributed by atoms with Crippen LogP contribution in [0.2, 0.25) is 0 Å². The van der Waals surface area contributed by atoms with Gasteiger partial charge in [-0.25, -0.2) is 4.68 Å². The largest absolute Gasteiger partial charge is 0.408 e. The lowest BCUT2D eigenvalue weighted by Crippen LogP contribution is -2.32. The van der Waals surface area contributed by atoms with E-state index >= 15 is 0 Å². The minimum absolute atomic E-state index is 0.0753. The minimum atomic E-state index is -4.47. The van der Waals surface area contributed by atoms with E-state index in [2.05, 4.69) is 31.2 Å². The van der Waals surface area contributed by atoms with Gasteiger partial charge in [0.2, 0.25) is 0 Å². The molecule has 1 aromatic rings. The number of anilines is 1. The lowest BCUT2D eigenvalue weighted by atomic mass is 10.2.